The SMILES string of the molecule is C[C@@H](c1ccc(S(N)(=O)=O)cc1)N(C)C(=O)COc1ccc2c(c1)CCC2. The van der Waals surface area contributed by atoms with Crippen LogP contribution in [0.3, 0.4) is 0 Å². The van der Waals surface area contributed by atoms with E-state index in [1.54, 1.807) is 24.1 Å². The van der Waals surface area contributed by atoms with Crippen molar-refractivity contribution in [3.63, 3.8) is 0 Å². The number of rotatable bonds is 6. The number of benzene rings is 2. The number of carbonyl (C=O) groups is 1. The van der Waals surface area contributed by atoms with Crippen LogP contribution in [0.25, 0.3) is 0 Å². The molecular formula is C20H24N2O4S. The fourth-order valence-electron chi connectivity index (χ4n) is 3.26. The third-order valence-corrected chi connectivity index (χ3v) is 6.03. The molecule has 0 saturated carbocycles. The molecule has 0 spiro atoms. The van der Waals surface area contributed by atoms with Crippen LogP contribution in [0.15, 0.2) is 47.4 Å². The van der Waals surface area contributed by atoms with E-state index in [-0.39, 0.29) is 23.5 Å². The molecule has 27 heavy (non-hydrogen) atoms. The number of fused-ring (bicyclic) bond motifs is 1. The highest BCUT2D eigenvalue weighted by Crippen LogP contribution is 2.26. The van der Waals surface area contributed by atoms with E-state index in [0.717, 1.165) is 18.4 Å². The van der Waals surface area contributed by atoms with Crippen molar-refractivity contribution in [2.75, 3.05) is 13.7 Å². The first-order valence-electron chi connectivity index (χ1n) is 8.89. The molecule has 6 nitrogen and oxygen atoms in total. The summed E-state index contributed by atoms with van der Waals surface area (Å²) in [6.07, 6.45) is 3.34. The zero-order valence-electron chi connectivity index (χ0n) is 15.5. The molecule has 1 amide bonds. The Balaban J connectivity index is 1.61. The van der Waals surface area contributed by atoms with Crippen molar-refractivity contribution in [2.24, 2.45) is 5.14 Å². The van der Waals surface area contributed by atoms with Gasteiger partial charge in [-0.05, 0) is 67.1 Å². The Morgan fingerprint density at radius 2 is 1.81 bits per heavy atom. The van der Waals surface area contributed by atoms with Crippen molar-refractivity contribution in [3.8, 4) is 5.75 Å². The molecule has 0 saturated heterocycles. The van der Waals surface area contributed by atoms with Crippen LogP contribution in [0.1, 0.15) is 36.1 Å². The van der Waals surface area contributed by atoms with Gasteiger partial charge in [-0.2, -0.15) is 0 Å². The Labute approximate surface area is 160 Å². The number of hydrogen-bond acceptors (Lipinski definition) is 4. The molecule has 0 aromatic heterocycles. The van der Waals surface area contributed by atoms with Gasteiger partial charge in [0.1, 0.15) is 5.75 Å². The van der Waals surface area contributed by atoms with E-state index in [9.17, 15) is 13.2 Å². The predicted octanol–water partition coefficient (Wildman–Crippen LogP) is 2.42. The number of amides is 1. The summed E-state index contributed by atoms with van der Waals surface area (Å²) in [5, 5.41) is 5.11. The van der Waals surface area contributed by atoms with Crippen LogP contribution in [0, 0.1) is 0 Å². The monoisotopic (exact) mass is 388 g/mol. The minimum Gasteiger partial charge on any atom is -0.484 e. The Morgan fingerprint density at radius 3 is 2.48 bits per heavy atom. The van der Waals surface area contributed by atoms with Crippen LogP contribution in [-0.4, -0.2) is 32.9 Å². The van der Waals surface area contributed by atoms with E-state index in [0.29, 0.717) is 5.75 Å². The highest BCUT2D eigenvalue weighted by Gasteiger charge is 2.19. The number of carbonyl (C=O) groups excluding carboxylic acids is 1. The Hall–Kier alpha value is -2.38. The summed E-state index contributed by atoms with van der Waals surface area (Å²) in [6.45, 7) is 1.83. The number of aryl methyl sites for hydroxylation is 2. The third kappa shape index (κ3) is 4.48. The molecule has 2 aromatic carbocycles. The average Bonchev–Trinajstić information content (AvgIpc) is 3.12. The van der Waals surface area contributed by atoms with E-state index < -0.39 is 10.0 Å². The van der Waals surface area contributed by atoms with Gasteiger partial charge >= 0.3 is 0 Å². The standard InChI is InChI=1S/C20H24N2O4S/c1-14(15-7-10-19(11-8-15)27(21,24)25)22(2)20(23)13-26-18-9-6-16-4-3-5-17(16)12-18/h6-12,14H,3-5,13H2,1-2H3,(H2,21,24,25)/t14-/m0/s1. The molecule has 2 aromatic rings. The summed E-state index contributed by atoms with van der Waals surface area (Å²) in [6, 6.07) is 12.0. The highest BCUT2D eigenvalue weighted by atomic mass is 32.2. The van der Waals surface area contributed by atoms with Gasteiger partial charge in [-0.1, -0.05) is 18.2 Å². The number of nitrogens with zero attached hydrogens (tertiary/aromatic N) is 1. The molecule has 0 unspecified atom stereocenters. The summed E-state index contributed by atoms with van der Waals surface area (Å²) in [5.74, 6) is 0.557. The van der Waals surface area contributed by atoms with Crippen molar-refractivity contribution < 1.29 is 17.9 Å². The van der Waals surface area contributed by atoms with E-state index >= 15 is 0 Å². The average molecular weight is 388 g/mol. The van der Waals surface area contributed by atoms with Crippen molar-refractivity contribution in [2.45, 2.75) is 37.1 Å². The molecule has 3 rings (SSSR count). The number of likely N-dealkylation sites (N-methyl/N-ethyl adjacent to an activating group) is 1. The van der Waals surface area contributed by atoms with Gasteiger partial charge < -0.3 is 9.64 Å². The van der Waals surface area contributed by atoms with Crippen molar-refractivity contribution in [1.29, 1.82) is 0 Å². The molecular weight excluding hydrogens is 364 g/mol. The summed E-state index contributed by atoms with van der Waals surface area (Å²) >= 11 is 0. The van der Waals surface area contributed by atoms with Crippen molar-refractivity contribution in [1.82, 2.24) is 4.90 Å². The van der Waals surface area contributed by atoms with Gasteiger partial charge in [0.2, 0.25) is 10.0 Å². The molecule has 1 atom stereocenters. The minimum atomic E-state index is -3.73. The van der Waals surface area contributed by atoms with Crippen LogP contribution in [-0.2, 0) is 27.7 Å². The third-order valence-electron chi connectivity index (χ3n) is 5.10. The predicted molar refractivity (Wildman–Crippen MR) is 103 cm³/mol. The largest absolute Gasteiger partial charge is 0.484 e. The van der Waals surface area contributed by atoms with E-state index in [2.05, 4.69) is 6.07 Å². The zero-order valence-corrected chi connectivity index (χ0v) is 16.3. The van der Waals surface area contributed by atoms with Gasteiger partial charge in [0, 0.05) is 7.05 Å². The number of sulfonamides is 1. The molecule has 0 fully saturated rings. The molecule has 1 aliphatic rings. The van der Waals surface area contributed by atoms with Crippen LogP contribution < -0.4 is 9.88 Å². The normalized spacial score (nSPS) is 14.5. The first-order chi connectivity index (χ1) is 12.8. The molecule has 0 radical (unpaired) electrons. The number of ether oxygens (including phenoxy) is 1. The van der Waals surface area contributed by atoms with Crippen molar-refractivity contribution >= 4 is 15.9 Å². The summed E-state index contributed by atoms with van der Waals surface area (Å²) in [4.78, 5) is 14.1. The van der Waals surface area contributed by atoms with Gasteiger partial charge in [0.05, 0.1) is 10.9 Å². The summed E-state index contributed by atoms with van der Waals surface area (Å²) in [5.41, 5.74) is 3.48. The number of primary sulfonamides is 1. The fourth-order valence-corrected chi connectivity index (χ4v) is 3.78. The van der Waals surface area contributed by atoms with Gasteiger partial charge in [0.25, 0.3) is 5.91 Å². The molecule has 7 heteroatoms. The minimum absolute atomic E-state index is 0.0467. The molecule has 1 aliphatic carbocycles. The Bertz CT molecular complexity index is 939. The Kier molecular flexibility index (Phi) is 5.53. The lowest BCUT2D eigenvalue weighted by atomic mass is 10.1. The van der Waals surface area contributed by atoms with Gasteiger partial charge in [-0.15, -0.1) is 0 Å². The molecule has 0 bridgehead atoms. The van der Waals surface area contributed by atoms with E-state index in [1.807, 2.05) is 19.1 Å². The first kappa shape index (κ1) is 19.4. The Morgan fingerprint density at radius 1 is 1.15 bits per heavy atom. The van der Waals surface area contributed by atoms with Crippen LogP contribution in [0.5, 0.6) is 5.75 Å². The lowest BCUT2D eigenvalue weighted by Crippen LogP contribution is -2.33. The van der Waals surface area contributed by atoms with Crippen molar-refractivity contribution in [3.05, 3.63) is 59.2 Å². The van der Waals surface area contributed by atoms with E-state index in [1.165, 1.54) is 29.7 Å². The second-order valence-electron chi connectivity index (χ2n) is 6.87. The highest BCUT2D eigenvalue weighted by molar-refractivity contribution is 7.89. The molecule has 2 N–H and O–H groups in total. The summed E-state index contributed by atoms with van der Waals surface area (Å²) in [7, 11) is -2.03. The zero-order chi connectivity index (χ0) is 19.6. The van der Waals surface area contributed by atoms with Crippen LogP contribution in [0.4, 0.5) is 0 Å². The first-order valence-corrected chi connectivity index (χ1v) is 10.4. The fraction of sp³-hybridized carbons (Fsp3) is 0.350. The van der Waals surface area contributed by atoms with E-state index in [4.69, 9.17) is 9.88 Å². The topological polar surface area (TPSA) is 89.7 Å². The molecule has 0 aliphatic heterocycles. The summed E-state index contributed by atoms with van der Waals surface area (Å²) < 4.78 is 28.4. The van der Waals surface area contributed by atoms with Gasteiger partial charge in [-0.25, -0.2) is 13.6 Å². The second kappa shape index (κ2) is 7.70. The smallest absolute Gasteiger partial charge is 0.260 e. The molecule has 144 valence electrons. The number of hydrogen-bond donors (Lipinski definition) is 1. The second-order valence-corrected chi connectivity index (χ2v) is 8.43. The quantitative estimate of drug-likeness (QED) is 0.823. The maximum Gasteiger partial charge on any atom is 0.260 e. The maximum absolute atomic E-state index is 12.5. The van der Waals surface area contributed by atoms with Crippen LogP contribution >= 0.6 is 0 Å². The van der Waals surface area contributed by atoms with Gasteiger partial charge in [0.15, 0.2) is 6.61 Å². The molecule has 0 heterocycles. The lowest BCUT2D eigenvalue weighted by Gasteiger charge is -2.25. The number of nitrogens with two attached hydrogens (primary N) is 1. The lowest BCUT2D eigenvalue weighted by molar-refractivity contribution is -0.134. The van der Waals surface area contributed by atoms with Crippen LogP contribution in [0.2, 0.25) is 0 Å². The maximum atomic E-state index is 12.5. The van der Waals surface area contributed by atoms with Gasteiger partial charge in [-0.3, -0.25) is 4.79 Å².